The molecule has 0 saturated carbocycles. The molecular formula is C18H27N3O3. The van der Waals surface area contributed by atoms with Crippen molar-refractivity contribution in [2.75, 3.05) is 18.5 Å². The number of carbonyl (C=O) groups excluding carboxylic acids is 2. The Morgan fingerprint density at radius 1 is 1.38 bits per heavy atom. The van der Waals surface area contributed by atoms with E-state index in [2.05, 4.69) is 16.0 Å². The van der Waals surface area contributed by atoms with Crippen LogP contribution in [0.5, 0.6) is 0 Å². The average molecular weight is 333 g/mol. The van der Waals surface area contributed by atoms with E-state index in [1.165, 1.54) is 0 Å². The lowest BCUT2D eigenvalue weighted by Crippen LogP contribution is -2.35. The number of urea groups is 1. The fraction of sp³-hybridized carbons (Fsp3) is 0.556. The third kappa shape index (κ3) is 5.23. The molecule has 2 rings (SSSR count). The van der Waals surface area contributed by atoms with Gasteiger partial charge in [0.15, 0.2) is 0 Å². The molecule has 0 spiro atoms. The molecule has 1 aliphatic heterocycles. The smallest absolute Gasteiger partial charge is 0.319 e. The molecule has 2 atom stereocenters. The molecule has 1 aromatic carbocycles. The van der Waals surface area contributed by atoms with E-state index >= 15 is 0 Å². The summed E-state index contributed by atoms with van der Waals surface area (Å²) in [5.74, 6) is -0.0955. The van der Waals surface area contributed by atoms with E-state index < -0.39 is 0 Å². The van der Waals surface area contributed by atoms with Crippen molar-refractivity contribution in [1.82, 2.24) is 10.6 Å². The molecule has 3 amide bonds. The lowest BCUT2D eigenvalue weighted by atomic mass is 10.1. The van der Waals surface area contributed by atoms with Crippen LogP contribution in [-0.2, 0) is 4.74 Å². The number of hydrogen-bond donors (Lipinski definition) is 3. The van der Waals surface area contributed by atoms with Gasteiger partial charge in [0, 0.05) is 30.4 Å². The van der Waals surface area contributed by atoms with Crippen LogP contribution in [0, 0.1) is 6.92 Å². The minimum atomic E-state index is -0.259. The molecular weight excluding hydrogens is 306 g/mol. The highest BCUT2D eigenvalue weighted by molar-refractivity contribution is 5.96. The molecule has 0 unspecified atom stereocenters. The van der Waals surface area contributed by atoms with Crippen LogP contribution >= 0.6 is 0 Å². The van der Waals surface area contributed by atoms with Gasteiger partial charge in [0.25, 0.3) is 5.91 Å². The predicted octanol–water partition coefficient (Wildman–Crippen LogP) is 2.82. The van der Waals surface area contributed by atoms with Crippen LogP contribution in [-0.4, -0.2) is 37.2 Å². The highest BCUT2D eigenvalue weighted by Gasteiger charge is 2.16. The second-order valence-electron chi connectivity index (χ2n) is 6.28. The minimum Gasteiger partial charge on any atom is -0.376 e. The summed E-state index contributed by atoms with van der Waals surface area (Å²) in [6.45, 7) is 7.15. The van der Waals surface area contributed by atoms with Crippen molar-refractivity contribution in [3.63, 3.8) is 0 Å². The molecule has 1 saturated heterocycles. The highest BCUT2D eigenvalue weighted by Crippen LogP contribution is 2.17. The standard InChI is InChI=1S/C18H27N3O3/c1-4-13(3)20-17(22)14-7-8-16(12(2)10-14)21-18(23)19-11-15-6-5-9-24-15/h7-8,10,13,15H,4-6,9,11H2,1-3H3,(H,20,22)(H2,19,21,23)/t13-,15+/m1/s1. The van der Waals surface area contributed by atoms with E-state index in [-0.39, 0.29) is 24.1 Å². The van der Waals surface area contributed by atoms with Gasteiger partial charge in [0.2, 0.25) is 0 Å². The van der Waals surface area contributed by atoms with Gasteiger partial charge in [-0.3, -0.25) is 4.79 Å². The molecule has 1 aromatic rings. The summed E-state index contributed by atoms with van der Waals surface area (Å²) in [6.07, 6.45) is 3.03. The number of amides is 3. The molecule has 1 fully saturated rings. The number of nitrogens with one attached hydrogen (secondary N) is 3. The van der Waals surface area contributed by atoms with E-state index in [1.807, 2.05) is 20.8 Å². The molecule has 1 heterocycles. The number of anilines is 1. The molecule has 0 radical (unpaired) electrons. The fourth-order valence-electron chi connectivity index (χ4n) is 2.53. The number of carbonyl (C=O) groups is 2. The summed E-state index contributed by atoms with van der Waals surface area (Å²) < 4.78 is 5.47. The first-order valence-corrected chi connectivity index (χ1v) is 8.57. The summed E-state index contributed by atoms with van der Waals surface area (Å²) in [4.78, 5) is 24.1. The minimum absolute atomic E-state index is 0.0955. The van der Waals surface area contributed by atoms with Gasteiger partial charge >= 0.3 is 6.03 Å². The molecule has 0 bridgehead atoms. The zero-order valence-corrected chi connectivity index (χ0v) is 14.6. The van der Waals surface area contributed by atoms with Crippen molar-refractivity contribution >= 4 is 17.6 Å². The number of benzene rings is 1. The van der Waals surface area contributed by atoms with Gasteiger partial charge in [-0.15, -0.1) is 0 Å². The Hall–Kier alpha value is -2.08. The van der Waals surface area contributed by atoms with Crippen molar-refractivity contribution in [1.29, 1.82) is 0 Å². The second kappa shape index (κ2) is 8.68. The van der Waals surface area contributed by atoms with Crippen LogP contribution in [0.3, 0.4) is 0 Å². The summed E-state index contributed by atoms with van der Waals surface area (Å²) in [5, 5.41) is 8.56. The van der Waals surface area contributed by atoms with Crippen LogP contribution in [0.2, 0.25) is 0 Å². The Balaban J connectivity index is 1.89. The van der Waals surface area contributed by atoms with Crippen LogP contribution in [0.1, 0.15) is 49.0 Å². The second-order valence-corrected chi connectivity index (χ2v) is 6.28. The summed E-state index contributed by atoms with van der Waals surface area (Å²) in [5.41, 5.74) is 2.14. The fourth-order valence-corrected chi connectivity index (χ4v) is 2.53. The van der Waals surface area contributed by atoms with E-state index in [0.717, 1.165) is 31.4 Å². The van der Waals surface area contributed by atoms with Crippen LogP contribution in [0.25, 0.3) is 0 Å². The van der Waals surface area contributed by atoms with E-state index in [1.54, 1.807) is 18.2 Å². The van der Waals surface area contributed by atoms with Gasteiger partial charge in [-0.1, -0.05) is 6.92 Å². The molecule has 3 N–H and O–H groups in total. The largest absolute Gasteiger partial charge is 0.376 e. The Morgan fingerprint density at radius 3 is 2.79 bits per heavy atom. The monoisotopic (exact) mass is 333 g/mol. The lowest BCUT2D eigenvalue weighted by Gasteiger charge is -2.14. The SMILES string of the molecule is CC[C@@H](C)NC(=O)c1ccc(NC(=O)NC[C@@H]2CCCO2)c(C)c1. The number of rotatable bonds is 6. The quantitative estimate of drug-likeness (QED) is 0.749. The van der Waals surface area contributed by atoms with E-state index in [4.69, 9.17) is 4.74 Å². The number of aryl methyl sites for hydroxylation is 1. The summed E-state index contributed by atoms with van der Waals surface area (Å²) in [7, 11) is 0. The maximum absolute atomic E-state index is 12.1. The van der Waals surface area contributed by atoms with Crippen molar-refractivity contribution < 1.29 is 14.3 Å². The van der Waals surface area contributed by atoms with Crippen molar-refractivity contribution in [3.05, 3.63) is 29.3 Å². The van der Waals surface area contributed by atoms with Gasteiger partial charge < -0.3 is 20.7 Å². The Morgan fingerprint density at radius 2 is 2.17 bits per heavy atom. The van der Waals surface area contributed by atoms with E-state index in [0.29, 0.717) is 17.8 Å². The third-order valence-corrected chi connectivity index (χ3v) is 4.24. The average Bonchev–Trinajstić information content (AvgIpc) is 3.08. The van der Waals surface area contributed by atoms with Crippen molar-refractivity contribution in [2.45, 2.75) is 52.2 Å². The first-order valence-electron chi connectivity index (χ1n) is 8.57. The van der Waals surface area contributed by atoms with Crippen LogP contribution in [0.15, 0.2) is 18.2 Å². The zero-order chi connectivity index (χ0) is 17.5. The molecule has 24 heavy (non-hydrogen) atoms. The molecule has 6 nitrogen and oxygen atoms in total. The third-order valence-electron chi connectivity index (χ3n) is 4.24. The van der Waals surface area contributed by atoms with Crippen LogP contribution < -0.4 is 16.0 Å². The topological polar surface area (TPSA) is 79.5 Å². The summed E-state index contributed by atoms with van der Waals surface area (Å²) in [6, 6.07) is 5.14. The maximum Gasteiger partial charge on any atom is 0.319 e. The summed E-state index contributed by atoms with van der Waals surface area (Å²) >= 11 is 0. The van der Waals surface area contributed by atoms with Gasteiger partial charge in [-0.25, -0.2) is 4.79 Å². The lowest BCUT2D eigenvalue weighted by molar-refractivity contribution is 0.0939. The maximum atomic E-state index is 12.1. The Labute approximate surface area is 143 Å². The highest BCUT2D eigenvalue weighted by atomic mass is 16.5. The molecule has 132 valence electrons. The molecule has 0 aliphatic carbocycles. The normalized spacial score (nSPS) is 18.0. The van der Waals surface area contributed by atoms with Crippen molar-refractivity contribution in [3.8, 4) is 0 Å². The number of hydrogen-bond acceptors (Lipinski definition) is 3. The predicted molar refractivity (Wildman–Crippen MR) is 94.4 cm³/mol. The van der Waals surface area contributed by atoms with Gasteiger partial charge in [0.1, 0.15) is 0 Å². The van der Waals surface area contributed by atoms with Crippen molar-refractivity contribution in [2.24, 2.45) is 0 Å². The Kier molecular flexibility index (Phi) is 6.61. The van der Waals surface area contributed by atoms with Crippen LogP contribution in [0.4, 0.5) is 10.5 Å². The number of ether oxygens (including phenoxy) is 1. The first-order chi connectivity index (χ1) is 11.5. The van der Waals surface area contributed by atoms with E-state index in [9.17, 15) is 9.59 Å². The molecule has 1 aliphatic rings. The van der Waals surface area contributed by atoms with Gasteiger partial charge in [0.05, 0.1) is 6.10 Å². The Bertz CT molecular complexity index is 583. The van der Waals surface area contributed by atoms with Gasteiger partial charge in [-0.05, 0) is 56.9 Å². The zero-order valence-electron chi connectivity index (χ0n) is 14.6. The molecule has 0 aromatic heterocycles. The first kappa shape index (κ1) is 18.3. The van der Waals surface area contributed by atoms with Gasteiger partial charge in [-0.2, -0.15) is 0 Å². The molecule has 6 heteroatoms.